The monoisotopic (exact) mass is 335 g/mol. The minimum Gasteiger partial charge on any atom is -0.491 e. The molecular formula is C16H18BrNO2. The Bertz CT molecular complexity index is 511. The lowest BCUT2D eigenvalue weighted by Gasteiger charge is -2.08. The standard InChI is InChI=1S/C16H18BrNO2/c17-15-5-1-14(2-6-15)12-19-9-10-20-16-7-3-13(11-18)4-8-16/h1-8H,9-12,18H2. The van der Waals surface area contributed by atoms with Gasteiger partial charge < -0.3 is 15.2 Å². The van der Waals surface area contributed by atoms with Gasteiger partial charge in [0.2, 0.25) is 0 Å². The average molecular weight is 336 g/mol. The van der Waals surface area contributed by atoms with Crippen molar-refractivity contribution in [2.45, 2.75) is 13.2 Å². The lowest BCUT2D eigenvalue weighted by molar-refractivity contribution is 0.0889. The van der Waals surface area contributed by atoms with Gasteiger partial charge in [-0.25, -0.2) is 0 Å². The first kappa shape index (κ1) is 15.0. The van der Waals surface area contributed by atoms with E-state index in [1.807, 2.05) is 48.5 Å². The molecule has 0 saturated heterocycles. The van der Waals surface area contributed by atoms with Gasteiger partial charge in [0.25, 0.3) is 0 Å². The summed E-state index contributed by atoms with van der Waals surface area (Å²) in [6.45, 7) is 2.26. The van der Waals surface area contributed by atoms with E-state index in [2.05, 4.69) is 15.9 Å². The second kappa shape index (κ2) is 8.04. The van der Waals surface area contributed by atoms with Gasteiger partial charge in [-0.1, -0.05) is 40.2 Å². The van der Waals surface area contributed by atoms with Gasteiger partial charge in [-0.05, 0) is 35.4 Å². The van der Waals surface area contributed by atoms with E-state index >= 15 is 0 Å². The molecule has 4 heteroatoms. The largest absolute Gasteiger partial charge is 0.491 e. The molecule has 2 rings (SSSR count). The fourth-order valence-corrected chi connectivity index (χ4v) is 1.98. The molecular weight excluding hydrogens is 318 g/mol. The molecule has 0 unspecified atom stereocenters. The first-order valence-electron chi connectivity index (χ1n) is 6.52. The van der Waals surface area contributed by atoms with Gasteiger partial charge in [-0.3, -0.25) is 0 Å². The molecule has 0 fully saturated rings. The predicted octanol–water partition coefficient (Wildman–Crippen LogP) is 3.50. The Hall–Kier alpha value is -1.36. The first-order chi connectivity index (χ1) is 9.78. The highest BCUT2D eigenvalue weighted by Gasteiger charge is 1.96. The summed E-state index contributed by atoms with van der Waals surface area (Å²) in [5.74, 6) is 0.842. The van der Waals surface area contributed by atoms with E-state index < -0.39 is 0 Å². The molecule has 0 aliphatic carbocycles. The van der Waals surface area contributed by atoms with Crippen molar-refractivity contribution in [3.8, 4) is 5.75 Å². The smallest absolute Gasteiger partial charge is 0.119 e. The lowest BCUT2D eigenvalue weighted by Crippen LogP contribution is -2.06. The number of nitrogens with two attached hydrogens (primary N) is 1. The summed E-state index contributed by atoms with van der Waals surface area (Å²) in [6.07, 6.45) is 0. The summed E-state index contributed by atoms with van der Waals surface area (Å²) in [5, 5.41) is 0. The lowest BCUT2D eigenvalue weighted by atomic mass is 10.2. The van der Waals surface area contributed by atoms with Gasteiger partial charge in [-0.2, -0.15) is 0 Å². The highest BCUT2D eigenvalue weighted by atomic mass is 79.9. The molecule has 0 heterocycles. The molecule has 0 amide bonds. The van der Waals surface area contributed by atoms with Crippen molar-refractivity contribution in [2.24, 2.45) is 5.73 Å². The Kier molecular flexibility index (Phi) is 6.05. The van der Waals surface area contributed by atoms with Crippen LogP contribution in [0.5, 0.6) is 5.75 Å². The quantitative estimate of drug-likeness (QED) is 0.787. The second-order valence-electron chi connectivity index (χ2n) is 4.38. The maximum absolute atomic E-state index is 5.59. The van der Waals surface area contributed by atoms with Crippen LogP contribution in [0.25, 0.3) is 0 Å². The van der Waals surface area contributed by atoms with Gasteiger partial charge in [-0.15, -0.1) is 0 Å². The van der Waals surface area contributed by atoms with Crippen molar-refractivity contribution in [1.29, 1.82) is 0 Å². The van der Waals surface area contributed by atoms with Crippen molar-refractivity contribution in [1.82, 2.24) is 0 Å². The SMILES string of the molecule is NCc1ccc(OCCOCc2ccc(Br)cc2)cc1. The number of halogens is 1. The van der Waals surface area contributed by atoms with Crippen LogP contribution in [0.3, 0.4) is 0 Å². The molecule has 0 atom stereocenters. The number of ether oxygens (including phenoxy) is 2. The van der Waals surface area contributed by atoms with Crippen LogP contribution >= 0.6 is 15.9 Å². The fourth-order valence-electron chi connectivity index (χ4n) is 1.71. The van der Waals surface area contributed by atoms with E-state index in [-0.39, 0.29) is 0 Å². The summed E-state index contributed by atoms with van der Waals surface area (Å²) in [4.78, 5) is 0. The zero-order valence-corrected chi connectivity index (χ0v) is 12.8. The van der Waals surface area contributed by atoms with E-state index in [0.717, 1.165) is 21.3 Å². The molecule has 20 heavy (non-hydrogen) atoms. The topological polar surface area (TPSA) is 44.5 Å². The maximum atomic E-state index is 5.59. The Labute approximate surface area is 127 Å². The molecule has 0 saturated carbocycles. The molecule has 0 radical (unpaired) electrons. The molecule has 3 nitrogen and oxygen atoms in total. The van der Waals surface area contributed by atoms with Gasteiger partial charge in [0.05, 0.1) is 13.2 Å². The van der Waals surface area contributed by atoms with Crippen molar-refractivity contribution >= 4 is 15.9 Å². The molecule has 0 aliphatic heterocycles. The molecule has 106 valence electrons. The second-order valence-corrected chi connectivity index (χ2v) is 5.29. The Morgan fingerprint density at radius 1 is 0.850 bits per heavy atom. The summed E-state index contributed by atoms with van der Waals surface area (Å²) in [6, 6.07) is 15.9. The van der Waals surface area contributed by atoms with E-state index in [0.29, 0.717) is 26.4 Å². The minimum atomic E-state index is 0.540. The van der Waals surface area contributed by atoms with Gasteiger partial charge in [0.1, 0.15) is 12.4 Å². The highest BCUT2D eigenvalue weighted by Crippen LogP contribution is 2.12. The van der Waals surface area contributed by atoms with Crippen LogP contribution in [0.1, 0.15) is 11.1 Å². The number of rotatable bonds is 7. The number of hydrogen-bond donors (Lipinski definition) is 1. The predicted molar refractivity (Wildman–Crippen MR) is 83.6 cm³/mol. The Balaban J connectivity index is 1.64. The zero-order chi connectivity index (χ0) is 14.2. The number of benzene rings is 2. The normalized spacial score (nSPS) is 10.5. The van der Waals surface area contributed by atoms with Crippen LogP contribution < -0.4 is 10.5 Å². The molecule has 0 spiro atoms. The van der Waals surface area contributed by atoms with Crippen LogP contribution in [0.2, 0.25) is 0 Å². The third kappa shape index (κ3) is 4.96. The number of hydrogen-bond acceptors (Lipinski definition) is 3. The van der Waals surface area contributed by atoms with Gasteiger partial charge >= 0.3 is 0 Å². The van der Waals surface area contributed by atoms with Crippen molar-refractivity contribution in [3.05, 3.63) is 64.1 Å². The minimum absolute atomic E-state index is 0.540. The van der Waals surface area contributed by atoms with Gasteiger partial charge in [0.15, 0.2) is 0 Å². The summed E-state index contributed by atoms with van der Waals surface area (Å²) < 4.78 is 12.2. The van der Waals surface area contributed by atoms with Crippen LogP contribution in [0.15, 0.2) is 53.0 Å². The van der Waals surface area contributed by atoms with E-state index in [4.69, 9.17) is 15.2 Å². The fraction of sp³-hybridized carbons (Fsp3) is 0.250. The summed E-state index contributed by atoms with van der Waals surface area (Å²) >= 11 is 3.41. The van der Waals surface area contributed by atoms with E-state index in [1.54, 1.807) is 0 Å². The first-order valence-corrected chi connectivity index (χ1v) is 7.31. The van der Waals surface area contributed by atoms with Crippen molar-refractivity contribution in [3.63, 3.8) is 0 Å². The van der Waals surface area contributed by atoms with Crippen molar-refractivity contribution < 1.29 is 9.47 Å². The summed E-state index contributed by atoms with van der Waals surface area (Å²) in [7, 11) is 0. The van der Waals surface area contributed by atoms with E-state index in [9.17, 15) is 0 Å². The van der Waals surface area contributed by atoms with E-state index in [1.165, 1.54) is 0 Å². The molecule has 2 N–H and O–H groups in total. The van der Waals surface area contributed by atoms with Crippen LogP contribution in [0.4, 0.5) is 0 Å². The van der Waals surface area contributed by atoms with Crippen molar-refractivity contribution in [2.75, 3.05) is 13.2 Å². The Morgan fingerprint density at radius 3 is 2.15 bits per heavy atom. The molecule has 0 bridgehead atoms. The highest BCUT2D eigenvalue weighted by molar-refractivity contribution is 9.10. The third-order valence-corrected chi connectivity index (χ3v) is 3.37. The summed E-state index contributed by atoms with van der Waals surface area (Å²) in [5.41, 5.74) is 7.79. The molecule has 0 aromatic heterocycles. The molecule has 2 aromatic rings. The third-order valence-electron chi connectivity index (χ3n) is 2.84. The van der Waals surface area contributed by atoms with Gasteiger partial charge in [0, 0.05) is 11.0 Å². The van der Waals surface area contributed by atoms with Crippen LogP contribution in [-0.4, -0.2) is 13.2 Å². The maximum Gasteiger partial charge on any atom is 0.119 e. The van der Waals surface area contributed by atoms with Crippen LogP contribution in [-0.2, 0) is 17.9 Å². The van der Waals surface area contributed by atoms with Crippen LogP contribution in [0, 0.1) is 0 Å². The average Bonchev–Trinajstić information content (AvgIpc) is 2.49. The molecule has 0 aliphatic rings. The zero-order valence-electron chi connectivity index (χ0n) is 11.2. The molecule has 2 aromatic carbocycles. The Morgan fingerprint density at radius 2 is 1.50 bits per heavy atom.